The van der Waals surface area contributed by atoms with Crippen LogP contribution in [0, 0.1) is 10.1 Å². The molecule has 0 amide bonds. The molecule has 28 heavy (non-hydrogen) atoms. The number of carbonyl (C=O) groups is 1. The first-order valence-corrected chi connectivity index (χ1v) is 9.80. The van der Waals surface area contributed by atoms with Gasteiger partial charge >= 0.3 is 11.0 Å². The highest BCUT2D eigenvalue weighted by atomic mass is 32.1. The van der Waals surface area contributed by atoms with E-state index >= 15 is 0 Å². The lowest BCUT2D eigenvalue weighted by atomic mass is 10.1. The van der Waals surface area contributed by atoms with Crippen LogP contribution in [-0.4, -0.2) is 21.0 Å². The SMILES string of the molecule is O=C(O)c1cc(/C=C\c2ccc(-c3ccc([N+](=O)[O-])s3)s2)nc2ccccc12. The molecular weight excluding hydrogens is 396 g/mol. The maximum absolute atomic E-state index is 11.6. The molecule has 0 atom stereocenters. The van der Waals surface area contributed by atoms with Crippen molar-refractivity contribution in [1.82, 2.24) is 4.98 Å². The molecule has 0 bridgehead atoms. The van der Waals surface area contributed by atoms with E-state index in [1.807, 2.05) is 24.3 Å². The van der Waals surface area contributed by atoms with Crippen molar-refractivity contribution in [2.24, 2.45) is 0 Å². The molecule has 0 aliphatic carbocycles. The van der Waals surface area contributed by atoms with Crippen LogP contribution in [0.4, 0.5) is 5.00 Å². The fourth-order valence-corrected chi connectivity index (χ4v) is 4.58. The molecule has 6 nitrogen and oxygen atoms in total. The largest absolute Gasteiger partial charge is 0.478 e. The summed E-state index contributed by atoms with van der Waals surface area (Å²) in [6.07, 6.45) is 3.63. The van der Waals surface area contributed by atoms with Gasteiger partial charge in [-0.15, -0.1) is 11.3 Å². The number of thiophene rings is 2. The molecule has 4 aromatic rings. The number of aromatic carboxylic acids is 1. The maximum atomic E-state index is 11.6. The zero-order chi connectivity index (χ0) is 19.7. The molecule has 0 saturated heterocycles. The predicted molar refractivity (Wildman–Crippen MR) is 112 cm³/mol. The van der Waals surface area contributed by atoms with Gasteiger partial charge in [-0.1, -0.05) is 29.5 Å². The van der Waals surface area contributed by atoms with Crippen molar-refractivity contribution in [3.8, 4) is 9.75 Å². The van der Waals surface area contributed by atoms with E-state index in [0.29, 0.717) is 16.6 Å². The Bertz CT molecular complexity index is 1240. The smallest absolute Gasteiger partial charge is 0.336 e. The zero-order valence-corrected chi connectivity index (χ0v) is 15.9. The number of pyridine rings is 1. The number of nitro groups is 1. The summed E-state index contributed by atoms with van der Waals surface area (Å²) in [7, 11) is 0. The number of carboxylic acids is 1. The Kier molecular flexibility index (Phi) is 4.72. The zero-order valence-electron chi connectivity index (χ0n) is 14.2. The second kappa shape index (κ2) is 7.34. The van der Waals surface area contributed by atoms with E-state index in [9.17, 15) is 20.0 Å². The van der Waals surface area contributed by atoms with E-state index in [2.05, 4.69) is 4.98 Å². The molecule has 1 N–H and O–H groups in total. The first kappa shape index (κ1) is 18.0. The van der Waals surface area contributed by atoms with Crippen molar-refractivity contribution >= 4 is 56.7 Å². The van der Waals surface area contributed by atoms with Gasteiger partial charge in [0.05, 0.1) is 26.6 Å². The quantitative estimate of drug-likeness (QED) is 0.333. The van der Waals surface area contributed by atoms with Gasteiger partial charge in [0.25, 0.3) is 0 Å². The number of carboxylic acid groups (broad SMARTS) is 1. The van der Waals surface area contributed by atoms with E-state index in [4.69, 9.17) is 0 Å². The lowest BCUT2D eigenvalue weighted by molar-refractivity contribution is -0.380. The fourth-order valence-electron chi connectivity index (χ4n) is 2.76. The van der Waals surface area contributed by atoms with E-state index in [0.717, 1.165) is 26.0 Å². The standard InChI is InChI=1S/C20H12N2O4S2/c23-20(24)15-11-12(21-16-4-2-1-3-14(15)16)5-6-13-7-8-17(27-13)18-9-10-19(28-18)22(25)26/h1-11H,(H,23,24)/b6-5-. The highest BCUT2D eigenvalue weighted by molar-refractivity contribution is 7.24. The number of para-hydroxylation sites is 1. The third-order valence-electron chi connectivity index (χ3n) is 4.03. The average molecular weight is 408 g/mol. The predicted octanol–water partition coefficient (Wildman–Crippen LogP) is 5.80. The van der Waals surface area contributed by atoms with Crippen LogP contribution >= 0.6 is 22.7 Å². The first-order chi connectivity index (χ1) is 13.5. The van der Waals surface area contributed by atoms with Crippen molar-refractivity contribution in [3.63, 3.8) is 0 Å². The van der Waals surface area contributed by atoms with Crippen LogP contribution in [0.25, 0.3) is 32.8 Å². The minimum atomic E-state index is -0.994. The highest BCUT2D eigenvalue weighted by Crippen LogP contribution is 2.37. The lowest BCUT2D eigenvalue weighted by Gasteiger charge is -2.03. The Morgan fingerprint density at radius 1 is 1.04 bits per heavy atom. The Labute approximate surface area is 167 Å². The Balaban J connectivity index is 1.63. The molecule has 3 heterocycles. The van der Waals surface area contributed by atoms with Crippen LogP contribution in [0.3, 0.4) is 0 Å². The van der Waals surface area contributed by atoms with Crippen molar-refractivity contribution in [1.29, 1.82) is 0 Å². The van der Waals surface area contributed by atoms with Gasteiger partial charge in [0.2, 0.25) is 0 Å². The van der Waals surface area contributed by atoms with Crippen LogP contribution < -0.4 is 0 Å². The van der Waals surface area contributed by atoms with Crippen LogP contribution in [0.5, 0.6) is 0 Å². The van der Waals surface area contributed by atoms with Gasteiger partial charge in [-0.2, -0.15) is 0 Å². The van der Waals surface area contributed by atoms with Crippen molar-refractivity contribution in [2.45, 2.75) is 0 Å². The second-order valence-corrected chi connectivity index (χ2v) is 8.02. The van der Waals surface area contributed by atoms with Crippen molar-refractivity contribution in [2.75, 3.05) is 0 Å². The molecule has 8 heteroatoms. The summed E-state index contributed by atoms with van der Waals surface area (Å²) < 4.78 is 0. The molecule has 0 aliphatic heterocycles. The molecule has 0 spiro atoms. The minimum Gasteiger partial charge on any atom is -0.478 e. The summed E-state index contributed by atoms with van der Waals surface area (Å²) in [4.78, 5) is 29.2. The molecule has 1 aromatic carbocycles. The number of rotatable bonds is 5. The van der Waals surface area contributed by atoms with Crippen molar-refractivity contribution < 1.29 is 14.8 Å². The number of fused-ring (bicyclic) bond motifs is 1. The minimum absolute atomic E-state index is 0.113. The van der Waals surface area contributed by atoms with Gasteiger partial charge in [-0.25, -0.2) is 9.78 Å². The van der Waals surface area contributed by atoms with E-state index < -0.39 is 10.9 Å². The molecule has 4 rings (SSSR count). The van der Waals surface area contributed by atoms with Gasteiger partial charge < -0.3 is 5.11 Å². The molecule has 0 unspecified atom stereocenters. The fraction of sp³-hybridized carbons (Fsp3) is 0. The lowest BCUT2D eigenvalue weighted by Crippen LogP contribution is -1.99. The van der Waals surface area contributed by atoms with Gasteiger partial charge in [0.15, 0.2) is 0 Å². The summed E-state index contributed by atoms with van der Waals surface area (Å²) in [6.45, 7) is 0. The van der Waals surface area contributed by atoms with Gasteiger partial charge in [-0.05, 0) is 42.5 Å². The van der Waals surface area contributed by atoms with E-state index in [1.54, 1.807) is 36.4 Å². The van der Waals surface area contributed by atoms with Gasteiger partial charge in [0, 0.05) is 21.2 Å². The van der Waals surface area contributed by atoms with Crippen LogP contribution in [-0.2, 0) is 0 Å². The number of hydrogen-bond acceptors (Lipinski definition) is 6. The van der Waals surface area contributed by atoms with Gasteiger partial charge in [-0.3, -0.25) is 10.1 Å². The molecule has 0 radical (unpaired) electrons. The monoisotopic (exact) mass is 408 g/mol. The highest BCUT2D eigenvalue weighted by Gasteiger charge is 2.13. The summed E-state index contributed by atoms with van der Waals surface area (Å²) in [5.74, 6) is -0.994. The third kappa shape index (κ3) is 3.55. The average Bonchev–Trinajstić information content (AvgIpc) is 3.35. The van der Waals surface area contributed by atoms with Crippen molar-refractivity contribution in [3.05, 3.63) is 80.8 Å². The molecule has 0 saturated carbocycles. The normalized spacial score (nSPS) is 11.3. The molecule has 0 aliphatic rings. The van der Waals surface area contributed by atoms with E-state index in [1.165, 1.54) is 17.4 Å². The van der Waals surface area contributed by atoms with E-state index in [-0.39, 0.29) is 10.6 Å². The number of aromatic nitrogens is 1. The topological polar surface area (TPSA) is 93.3 Å². The number of benzene rings is 1. The maximum Gasteiger partial charge on any atom is 0.336 e. The Morgan fingerprint density at radius 3 is 2.54 bits per heavy atom. The third-order valence-corrected chi connectivity index (χ3v) is 6.31. The van der Waals surface area contributed by atoms with Crippen LogP contribution in [0.15, 0.2) is 54.6 Å². The summed E-state index contributed by atoms with van der Waals surface area (Å²) >= 11 is 2.64. The molecule has 3 aromatic heterocycles. The van der Waals surface area contributed by atoms with Gasteiger partial charge in [0.1, 0.15) is 0 Å². The van der Waals surface area contributed by atoms with Crippen LogP contribution in [0.1, 0.15) is 20.9 Å². The molecular formula is C20H12N2O4S2. The summed E-state index contributed by atoms with van der Waals surface area (Å²) in [5, 5.41) is 21.0. The number of nitrogens with zero attached hydrogens (tertiary/aromatic N) is 2. The summed E-state index contributed by atoms with van der Waals surface area (Å²) in [6, 6.07) is 15.8. The molecule has 138 valence electrons. The Hall–Kier alpha value is -3.36. The van der Waals surface area contributed by atoms with Crippen LogP contribution in [0.2, 0.25) is 0 Å². The summed E-state index contributed by atoms with van der Waals surface area (Å²) in [5.41, 5.74) is 1.39. The number of hydrogen-bond donors (Lipinski definition) is 1. The molecule has 0 fully saturated rings. The first-order valence-electron chi connectivity index (χ1n) is 8.17. The Morgan fingerprint density at radius 2 is 1.79 bits per heavy atom. The second-order valence-electron chi connectivity index (χ2n) is 5.85.